The Hall–Kier alpha value is -3.55. The summed E-state index contributed by atoms with van der Waals surface area (Å²) in [6.07, 6.45) is 2.62. The molecule has 1 aliphatic carbocycles. The molecule has 0 saturated carbocycles. The van der Waals surface area contributed by atoms with E-state index >= 15 is 0 Å². The van der Waals surface area contributed by atoms with Crippen molar-refractivity contribution in [3.63, 3.8) is 0 Å². The van der Waals surface area contributed by atoms with Crippen molar-refractivity contribution in [2.75, 3.05) is 5.73 Å². The summed E-state index contributed by atoms with van der Waals surface area (Å²) in [5, 5.41) is 14.9. The SMILES string of the molecule is Nc1ncnc2c1c(-c1cc(O)cc(F)c1)nn2C1Cc2ccc(F)cc2C1. The Bertz CT molecular complexity index is 1220. The average molecular weight is 379 g/mol. The van der Waals surface area contributed by atoms with Crippen LogP contribution in [-0.4, -0.2) is 24.9 Å². The lowest BCUT2D eigenvalue weighted by molar-refractivity contribution is 0.469. The second kappa shape index (κ2) is 5.98. The van der Waals surface area contributed by atoms with Crippen LogP contribution in [0.5, 0.6) is 5.75 Å². The highest BCUT2D eigenvalue weighted by Crippen LogP contribution is 2.37. The van der Waals surface area contributed by atoms with Crippen LogP contribution in [0.2, 0.25) is 0 Å². The van der Waals surface area contributed by atoms with Crippen molar-refractivity contribution >= 4 is 16.9 Å². The fourth-order valence-electron chi connectivity index (χ4n) is 3.90. The Morgan fingerprint density at radius 2 is 1.82 bits per heavy atom. The van der Waals surface area contributed by atoms with Gasteiger partial charge in [0, 0.05) is 11.6 Å². The van der Waals surface area contributed by atoms with E-state index in [1.54, 1.807) is 10.7 Å². The number of halogens is 2. The Morgan fingerprint density at radius 1 is 1.00 bits per heavy atom. The quantitative estimate of drug-likeness (QED) is 0.557. The lowest BCUT2D eigenvalue weighted by Crippen LogP contribution is -2.11. The number of fused-ring (bicyclic) bond motifs is 2. The predicted octanol–water partition coefficient (Wildman–Crippen LogP) is 3.40. The molecule has 28 heavy (non-hydrogen) atoms. The fraction of sp³-hybridized carbons (Fsp3) is 0.150. The molecule has 140 valence electrons. The van der Waals surface area contributed by atoms with Crippen molar-refractivity contribution in [2.45, 2.75) is 18.9 Å². The van der Waals surface area contributed by atoms with Crippen molar-refractivity contribution in [1.29, 1.82) is 0 Å². The molecule has 0 saturated heterocycles. The Labute approximate surface area is 158 Å². The van der Waals surface area contributed by atoms with Gasteiger partial charge in [-0.05, 0) is 48.2 Å². The number of aromatic nitrogens is 4. The number of nitrogen functional groups attached to an aromatic ring is 1. The van der Waals surface area contributed by atoms with E-state index in [4.69, 9.17) is 5.73 Å². The van der Waals surface area contributed by atoms with E-state index in [1.165, 1.54) is 30.6 Å². The highest BCUT2D eigenvalue weighted by atomic mass is 19.1. The molecular weight excluding hydrogens is 364 g/mol. The molecule has 4 aromatic rings. The number of anilines is 1. The minimum absolute atomic E-state index is 0.0792. The molecule has 1 atom stereocenters. The molecular formula is C20H15F2N5O. The molecule has 0 bridgehead atoms. The molecule has 0 fully saturated rings. The number of aromatic hydroxyl groups is 1. The minimum atomic E-state index is -0.586. The summed E-state index contributed by atoms with van der Waals surface area (Å²) in [6.45, 7) is 0. The van der Waals surface area contributed by atoms with Crippen molar-refractivity contribution in [3.05, 3.63) is 65.5 Å². The van der Waals surface area contributed by atoms with E-state index in [0.717, 1.165) is 17.2 Å². The molecule has 6 nitrogen and oxygen atoms in total. The van der Waals surface area contributed by atoms with Gasteiger partial charge in [0.25, 0.3) is 0 Å². The lowest BCUT2D eigenvalue weighted by Gasteiger charge is -2.10. The van der Waals surface area contributed by atoms with Crippen LogP contribution in [0.1, 0.15) is 17.2 Å². The Balaban J connectivity index is 1.68. The van der Waals surface area contributed by atoms with E-state index in [0.29, 0.717) is 35.1 Å². The third-order valence-corrected chi connectivity index (χ3v) is 5.10. The number of phenolic OH excluding ortho intramolecular Hbond substituents is 1. The Morgan fingerprint density at radius 3 is 2.64 bits per heavy atom. The van der Waals surface area contributed by atoms with Crippen LogP contribution in [0, 0.1) is 11.6 Å². The molecule has 1 unspecified atom stereocenters. The van der Waals surface area contributed by atoms with Crippen molar-refractivity contribution in [3.8, 4) is 17.0 Å². The molecule has 3 N–H and O–H groups in total. The molecule has 2 aromatic heterocycles. The van der Waals surface area contributed by atoms with Gasteiger partial charge in [0.2, 0.25) is 0 Å². The molecule has 5 rings (SSSR count). The Kier molecular flexibility index (Phi) is 3.55. The maximum absolute atomic E-state index is 13.8. The summed E-state index contributed by atoms with van der Waals surface area (Å²) in [4.78, 5) is 8.37. The summed E-state index contributed by atoms with van der Waals surface area (Å²) >= 11 is 0. The molecule has 1 aliphatic rings. The van der Waals surface area contributed by atoms with Crippen LogP contribution >= 0.6 is 0 Å². The van der Waals surface area contributed by atoms with E-state index in [9.17, 15) is 13.9 Å². The lowest BCUT2D eigenvalue weighted by atomic mass is 10.1. The molecule has 2 heterocycles. The first kappa shape index (κ1) is 16.6. The van der Waals surface area contributed by atoms with Gasteiger partial charge in [0.15, 0.2) is 5.65 Å². The maximum Gasteiger partial charge on any atom is 0.164 e. The molecule has 0 aliphatic heterocycles. The zero-order valence-corrected chi connectivity index (χ0v) is 14.6. The van der Waals surface area contributed by atoms with Crippen molar-refractivity contribution in [2.24, 2.45) is 0 Å². The normalized spacial score (nSPS) is 15.9. The van der Waals surface area contributed by atoms with Crippen LogP contribution in [0.3, 0.4) is 0 Å². The average Bonchev–Trinajstić information content (AvgIpc) is 3.22. The number of phenols is 1. The fourth-order valence-corrected chi connectivity index (χ4v) is 3.90. The van der Waals surface area contributed by atoms with Gasteiger partial charge in [0.1, 0.15) is 35.2 Å². The van der Waals surface area contributed by atoms with E-state index < -0.39 is 5.82 Å². The standard InChI is InChI=1S/C20H15F2N5O/c21-13-2-1-10-5-15(6-11(10)3-13)27-20-17(19(23)24-9-25-20)18(26-27)12-4-14(22)8-16(28)7-12/h1-4,7-9,15,28H,5-6H2,(H2,23,24,25). The highest BCUT2D eigenvalue weighted by Gasteiger charge is 2.28. The van der Waals surface area contributed by atoms with Gasteiger partial charge in [-0.2, -0.15) is 5.10 Å². The van der Waals surface area contributed by atoms with Gasteiger partial charge in [0.05, 0.1) is 11.4 Å². The number of nitrogens with zero attached hydrogens (tertiary/aromatic N) is 4. The first-order valence-corrected chi connectivity index (χ1v) is 8.75. The predicted molar refractivity (Wildman–Crippen MR) is 99.6 cm³/mol. The summed E-state index contributed by atoms with van der Waals surface area (Å²) in [7, 11) is 0. The van der Waals surface area contributed by atoms with Crippen LogP contribution in [-0.2, 0) is 12.8 Å². The summed E-state index contributed by atoms with van der Waals surface area (Å²) in [5.41, 5.74) is 9.36. The van der Waals surface area contributed by atoms with Crippen molar-refractivity contribution < 1.29 is 13.9 Å². The van der Waals surface area contributed by atoms with Crippen LogP contribution in [0.25, 0.3) is 22.3 Å². The van der Waals surface area contributed by atoms with Gasteiger partial charge < -0.3 is 10.8 Å². The number of rotatable bonds is 2. The molecule has 0 amide bonds. The van der Waals surface area contributed by atoms with E-state index in [-0.39, 0.29) is 23.4 Å². The molecule has 8 heteroatoms. The van der Waals surface area contributed by atoms with Gasteiger partial charge in [-0.25, -0.2) is 23.4 Å². The number of hydrogen-bond donors (Lipinski definition) is 2. The van der Waals surface area contributed by atoms with Crippen molar-refractivity contribution in [1.82, 2.24) is 19.7 Å². The first-order chi connectivity index (χ1) is 13.5. The molecule has 0 radical (unpaired) electrons. The van der Waals surface area contributed by atoms with Gasteiger partial charge in [-0.1, -0.05) is 6.07 Å². The number of nitrogens with two attached hydrogens (primary N) is 1. The summed E-state index contributed by atoms with van der Waals surface area (Å²) in [6, 6.07) is 8.40. The highest BCUT2D eigenvalue weighted by molar-refractivity contribution is 5.98. The zero-order chi connectivity index (χ0) is 19.4. The second-order valence-corrected chi connectivity index (χ2v) is 6.92. The molecule has 2 aromatic carbocycles. The van der Waals surface area contributed by atoms with Crippen LogP contribution in [0.4, 0.5) is 14.6 Å². The van der Waals surface area contributed by atoms with Gasteiger partial charge >= 0.3 is 0 Å². The van der Waals surface area contributed by atoms with E-state index in [2.05, 4.69) is 15.1 Å². The second-order valence-electron chi connectivity index (χ2n) is 6.92. The minimum Gasteiger partial charge on any atom is -0.508 e. The number of hydrogen-bond acceptors (Lipinski definition) is 5. The van der Waals surface area contributed by atoms with Gasteiger partial charge in [-0.3, -0.25) is 0 Å². The van der Waals surface area contributed by atoms with Crippen LogP contribution in [0.15, 0.2) is 42.7 Å². The third kappa shape index (κ3) is 2.57. The zero-order valence-electron chi connectivity index (χ0n) is 14.6. The first-order valence-electron chi connectivity index (χ1n) is 8.75. The topological polar surface area (TPSA) is 89.8 Å². The molecule has 0 spiro atoms. The van der Waals surface area contributed by atoms with E-state index in [1.807, 2.05) is 0 Å². The smallest absolute Gasteiger partial charge is 0.164 e. The third-order valence-electron chi connectivity index (χ3n) is 5.10. The van der Waals surface area contributed by atoms with Crippen LogP contribution < -0.4 is 5.73 Å². The summed E-state index contributed by atoms with van der Waals surface area (Å²) in [5.74, 6) is -0.850. The summed E-state index contributed by atoms with van der Waals surface area (Å²) < 4.78 is 29.2. The number of benzene rings is 2. The van der Waals surface area contributed by atoms with Gasteiger partial charge in [-0.15, -0.1) is 0 Å². The largest absolute Gasteiger partial charge is 0.508 e. The maximum atomic E-state index is 13.8. The monoisotopic (exact) mass is 379 g/mol.